The van der Waals surface area contributed by atoms with E-state index in [0.717, 1.165) is 0 Å². The first-order chi connectivity index (χ1) is 11.4. The molecular weight excluding hydrogens is 384 g/mol. The van der Waals surface area contributed by atoms with Gasteiger partial charge in [-0.15, -0.1) is 0 Å². The Kier molecular flexibility index (Phi) is 5.80. The molecule has 0 atom stereocenters. The minimum absolute atomic E-state index is 0.114. The van der Waals surface area contributed by atoms with E-state index in [1.807, 2.05) is 0 Å². The summed E-state index contributed by atoms with van der Waals surface area (Å²) in [5.74, 6) is -0.320. The van der Waals surface area contributed by atoms with Crippen LogP contribution in [0.2, 0.25) is 0 Å². The number of hydrogen-bond donors (Lipinski definition) is 2. The maximum Gasteiger partial charge on any atom is 0.344 e. The molecule has 128 valence electrons. The highest BCUT2D eigenvalue weighted by Gasteiger charge is 2.23. The molecule has 0 unspecified atom stereocenters. The number of carbonyl (C=O) groups excluding carboxylic acids is 3. The van der Waals surface area contributed by atoms with Crippen LogP contribution in [-0.4, -0.2) is 38.2 Å². The summed E-state index contributed by atoms with van der Waals surface area (Å²) in [7, 11) is 1.45. The van der Waals surface area contributed by atoms with Crippen LogP contribution in [0.15, 0.2) is 22.3 Å². The molecule has 24 heavy (non-hydrogen) atoms. The maximum absolute atomic E-state index is 11.6. The molecule has 1 aromatic carbocycles. The number of benzene rings is 1. The van der Waals surface area contributed by atoms with Crippen LogP contribution in [0.25, 0.3) is 6.08 Å². The molecule has 0 bridgehead atoms. The van der Waals surface area contributed by atoms with Gasteiger partial charge in [0, 0.05) is 4.47 Å². The van der Waals surface area contributed by atoms with Gasteiger partial charge in [-0.3, -0.25) is 10.1 Å². The Labute approximate surface area is 146 Å². The van der Waals surface area contributed by atoms with Crippen molar-refractivity contribution in [1.29, 1.82) is 0 Å². The number of halogens is 1. The van der Waals surface area contributed by atoms with Crippen molar-refractivity contribution in [1.82, 2.24) is 10.6 Å². The monoisotopic (exact) mass is 398 g/mol. The van der Waals surface area contributed by atoms with Crippen LogP contribution in [0.3, 0.4) is 0 Å². The first-order valence-corrected chi connectivity index (χ1v) is 7.74. The van der Waals surface area contributed by atoms with Crippen molar-refractivity contribution >= 4 is 39.9 Å². The number of ether oxygens (including phenoxy) is 3. The highest BCUT2D eigenvalue weighted by molar-refractivity contribution is 9.10. The summed E-state index contributed by atoms with van der Waals surface area (Å²) >= 11 is 3.35. The molecule has 1 heterocycles. The smallest absolute Gasteiger partial charge is 0.344 e. The zero-order chi connectivity index (χ0) is 17.7. The lowest BCUT2D eigenvalue weighted by molar-refractivity contribution is -0.145. The lowest BCUT2D eigenvalue weighted by atomic mass is 10.1. The number of nitrogens with one attached hydrogen (secondary N) is 2. The predicted molar refractivity (Wildman–Crippen MR) is 87.5 cm³/mol. The van der Waals surface area contributed by atoms with Gasteiger partial charge in [-0.2, -0.15) is 0 Å². The number of urea groups is 1. The van der Waals surface area contributed by atoms with Crippen molar-refractivity contribution in [3.8, 4) is 11.5 Å². The first kappa shape index (κ1) is 17.8. The summed E-state index contributed by atoms with van der Waals surface area (Å²) in [4.78, 5) is 34.1. The van der Waals surface area contributed by atoms with Gasteiger partial charge in [0.1, 0.15) is 5.70 Å². The summed E-state index contributed by atoms with van der Waals surface area (Å²) in [5, 5.41) is 4.50. The third kappa shape index (κ3) is 4.25. The average Bonchev–Trinajstić information content (AvgIpc) is 2.85. The van der Waals surface area contributed by atoms with Crippen molar-refractivity contribution in [2.24, 2.45) is 0 Å². The molecule has 0 saturated carbocycles. The molecular formula is C15H15BrN2O6. The Bertz CT molecular complexity index is 716. The van der Waals surface area contributed by atoms with Gasteiger partial charge in [0.05, 0.1) is 13.7 Å². The van der Waals surface area contributed by atoms with E-state index in [9.17, 15) is 14.4 Å². The van der Waals surface area contributed by atoms with Crippen molar-refractivity contribution in [2.45, 2.75) is 6.92 Å². The zero-order valence-corrected chi connectivity index (χ0v) is 14.6. The molecule has 8 nitrogen and oxygen atoms in total. The SMILES string of the molecule is CCOC(=O)COc1cc(Br)c(/C=C2/NC(=O)NC2=O)cc1OC. The summed E-state index contributed by atoms with van der Waals surface area (Å²) in [6, 6.07) is 2.62. The number of imide groups is 1. The van der Waals surface area contributed by atoms with E-state index in [1.165, 1.54) is 13.2 Å². The molecule has 0 radical (unpaired) electrons. The van der Waals surface area contributed by atoms with Crippen LogP contribution in [0.5, 0.6) is 11.5 Å². The van der Waals surface area contributed by atoms with Gasteiger partial charge in [0.25, 0.3) is 5.91 Å². The van der Waals surface area contributed by atoms with E-state index in [-0.39, 0.29) is 18.9 Å². The molecule has 2 N–H and O–H groups in total. The fourth-order valence-electron chi connectivity index (χ4n) is 1.91. The van der Waals surface area contributed by atoms with Crippen LogP contribution >= 0.6 is 15.9 Å². The van der Waals surface area contributed by atoms with Crippen LogP contribution in [0.4, 0.5) is 4.79 Å². The number of rotatable bonds is 6. The van der Waals surface area contributed by atoms with Crippen LogP contribution in [0.1, 0.15) is 12.5 Å². The lowest BCUT2D eigenvalue weighted by Gasteiger charge is -2.12. The van der Waals surface area contributed by atoms with E-state index in [0.29, 0.717) is 21.5 Å². The molecule has 0 spiro atoms. The van der Waals surface area contributed by atoms with Gasteiger partial charge >= 0.3 is 12.0 Å². The van der Waals surface area contributed by atoms with Crippen molar-refractivity contribution < 1.29 is 28.6 Å². The van der Waals surface area contributed by atoms with E-state index in [2.05, 4.69) is 26.6 Å². The van der Waals surface area contributed by atoms with Crippen LogP contribution < -0.4 is 20.1 Å². The minimum Gasteiger partial charge on any atom is -0.493 e. The zero-order valence-electron chi connectivity index (χ0n) is 13.0. The molecule has 0 aromatic heterocycles. The third-order valence-corrected chi connectivity index (χ3v) is 3.64. The van der Waals surface area contributed by atoms with Crippen molar-refractivity contribution in [2.75, 3.05) is 20.3 Å². The molecule has 1 fully saturated rings. The molecule has 3 amide bonds. The Hall–Kier alpha value is -2.55. The quantitative estimate of drug-likeness (QED) is 0.428. The van der Waals surface area contributed by atoms with Gasteiger partial charge in [-0.05, 0) is 30.7 Å². The number of carbonyl (C=O) groups is 3. The van der Waals surface area contributed by atoms with E-state index >= 15 is 0 Å². The summed E-state index contributed by atoms with van der Waals surface area (Å²) < 4.78 is 16.0. The summed E-state index contributed by atoms with van der Waals surface area (Å²) in [6.45, 7) is 1.72. The third-order valence-electron chi connectivity index (χ3n) is 2.95. The summed E-state index contributed by atoms with van der Waals surface area (Å²) in [6.07, 6.45) is 1.49. The van der Waals surface area contributed by atoms with Crippen molar-refractivity contribution in [3.05, 3.63) is 27.9 Å². The van der Waals surface area contributed by atoms with Gasteiger partial charge in [-0.25, -0.2) is 9.59 Å². The van der Waals surface area contributed by atoms with Crippen molar-refractivity contribution in [3.63, 3.8) is 0 Å². The fourth-order valence-corrected chi connectivity index (χ4v) is 2.35. The van der Waals surface area contributed by atoms with Crippen LogP contribution in [-0.2, 0) is 14.3 Å². The number of hydrogen-bond acceptors (Lipinski definition) is 6. The second-order valence-electron chi connectivity index (χ2n) is 4.58. The molecule has 1 aliphatic rings. The van der Waals surface area contributed by atoms with Gasteiger partial charge in [0.15, 0.2) is 18.1 Å². The van der Waals surface area contributed by atoms with E-state index in [4.69, 9.17) is 14.2 Å². The number of methoxy groups -OCH3 is 1. The van der Waals surface area contributed by atoms with Crippen LogP contribution in [0, 0.1) is 0 Å². The second-order valence-corrected chi connectivity index (χ2v) is 5.44. The highest BCUT2D eigenvalue weighted by atomic mass is 79.9. The van der Waals surface area contributed by atoms with Gasteiger partial charge < -0.3 is 19.5 Å². The Morgan fingerprint density at radius 1 is 1.25 bits per heavy atom. The minimum atomic E-state index is -0.580. The maximum atomic E-state index is 11.6. The molecule has 1 saturated heterocycles. The van der Waals surface area contributed by atoms with E-state index < -0.39 is 17.9 Å². The Morgan fingerprint density at radius 3 is 2.58 bits per heavy atom. The normalized spacial score (nSPS) is 15.0. The predicted octanol–water partition coefficient (Wildman–Crippen LogP) is 1.58. The molecule has 9 heteroatoms. The molecule has 2 rings (SSSR count). The molecule has 1 aliphatic heterocycles. The number of esters is 1. The second kappa shape index (κ2) is 7.82. The standard InChI is InChI=1S/C15H15BrN2O6/c1-3-23-13(19)7-24-12-6-9(16)8(5-11(12)22-2)4-10-14(20)18-15(21)17-10/h4-6H,3,7H2,1-2H3,(H2,17,18,20,21)/b10-4+. The summed E-state index contributed by atoms with van der Waals surface area (Å²) in [5.41, 5.74) is 0.700. The largest absolute Gasteiger partial charge is 0.493 e. The topological polar surface area (TPSA) is 103 Å². The number of amides is 3. The Balaban J connectivity index is 2.24. The Morgan fingerprint density at radius 2 is 2.00 bits per heavy atom. The average molecular weight is 399 g/mol. The lowest BCUT2D eigenvalue weighted by Crippen LogP contribution is -2.22. The van der Waals surface area contributed by atoms with Gasteiger partial charge in [0.2, 0.25) is 0 Å². The highest BCUT2D eigenvalue weighted by Crippen LogP contribution is 2.34. The van der Waals surface area contributed by atoms with Gasteiger partial charge in [-0.1, -0.05) is 15.9 Å². The molecule has 1 aromatic rings. The fraction of sp³-hybridized carbons (Fsp3) is 0.267. The van der Waals surface area contributed by atoms with E-state index in [1.54, 1.807) is 19.1 Å². The molecule has 0 aliphatic carbocycles. The first-order valence-electron chi connectivity index (χ1n) is 6.94.